The highest BCUT2D eigenvalue weighted by molar-refractivity contribution is 5.75. The Morgan fingerprint density at radius 1 is 1.19 bits per heavy atom. The molecule has 1 saturated heterocycles. The van der Waals surface area contributed by atoms with Crippen LogP contribution in [0.5, 0.6) is 0 Å². The molecule has 3 aromatic rings. The second kappa shape index (κ2) is 9.65. The number of hydrogen-bond acceptors (Lipinski definition) is 5. The van der Waals surface area contributed by atoms with Crippen LogP contribution in [0, 0.1) is 6.92 Å². The van der Waals surface area contributed by atoms with E-state index in [-0.39, 0.29) is 18.0 Å². The second-order valence-corrected chi connectivity index (χ2v) is 8.62. The predicted octanol–water partition coefficient (Wildman–Crippen LogP) is 2.42. The van der Waals surface area contributed by atoms with Gasteiger partial charge in [-0.25, -0.2) is 9.20 Å². The van der Waals surface area contributed by atoms with Gasteiger partial charge in [0.05, 0.1) is 5.69 Å². The van der Waals surface area contributed by atoms with Gasteiger partial charge in [0.25, 0.3) is 5.56 Å². The summed E-state index contributed by atoms with van der Waals surface area (Å²) in [5, 5.41) is 11.8. The fraction of sp³-hybridized carbons (Fsp3) is 0.500. The van der Waals surface area contributed by atoms with Crippen molar-refractivity contribution >= 4 is 11.4 Å². The van der Waals surface area contributed by atoms with Crippen LogP contribution in [0.25, 0.3) is 16.8 Å². The molecule has 0 bridgehead atoms. The molecule has 8 nitrogen and oxygen atoms in total. The van der Waals surface area contributed by atoms with Crippen molar-refractivity contribution in [3.63, 3.8) is 0 Å². The standard InChI is InChI=1S/C24H32N6O2/c1-4-19-8-10-20(11-9-19)21-15-22-24(32)29(26-18(3)30(22)27-21)16-23(31)25-12-14-28-13-6-5-7-17(28)2/h8-11,15,17H,4-7,12-14,16H2,1-3H3,(H,25,31)/t17-/m1/s1. The first-order chi connectivity index (χ1) is 15.5. The Bertz CT molecular complexity index is 1150. The summed E-state index contributed by atoms with van der Waals surface area (Å²) in [7, 11) is 0. The van der Waals surface area contributed by atoms with E-state index in [0.717, 1.165) is 25.1 Å². The topological polar surface area (TPSA) is 84.5 Å². The number of carbonyl (C=O) groups is 1. The number of aryl methyl sites for hydroxylation is 2. The monoisotopic (exact) mass is 436 g/mol. The number of nitrogens with one attached hydrogen (secondary N) is 1. The Balaban J connectivity index is 1.46. The molecule has 0 aliphatic carbocycles. The Hall–Kier alpha value is -3.00. The molecule has 32 heavy (non-hydrogen) atoms. The lowest BCUT2D eigenvalue weighted by atomic mass is 10.0. The molecular weight excluding hydrogens is 404 g/mol. The Kier molecular flexibility index (Phi) is 6.69. The number of amides is 1. The van der Waals surface area contributed by atoms with Gasteiger partial charge in [-0.1, -0.05) is 37.6 Å². The lowest BCUT2D eigenvalue weighted by molar-refractivity contribution is -0.122. The molecule has 170 valence electrons. The molecule has 0 saturated carbocycles. The zero-order chi connectivity index (χ0) is 22.7. The summed E-state index contributed by atoms with van der Waals surface area (Å²) in [6, 6.07) is 10.5. The Labute approximate surface area is 188 Å². The normalized spacial score (nSPS) is 17.0. The highest BCUT2D eigenvalue weighted by atomic mass is 16.2. The molecule has 0 unspecified atom stereocenters. The maximum atomic E-state index is 13.0. The first kappa shape index (κ1) is 22.2. The van der Waals surface area contributed by atoms with E-state index in [9.17, 15) is 9.59 Å². The van der Waals surface area contributed by atoms with Crippen LogP contribution < -0.4 is 10.9 Å². The molecule has 2 aromatic heterocycles. The maximum absolute atomic E-state index is 13.0. The van der Waals surface area contributed by atoms with Gasteiger partial charge in [-0.3, -0.25) is 14.5 Å². The van der Waals surface area contributed by atoms with Crippen LogP contribution >= 0.6 is 0 Å². The van der Waals surface area contributed by atoms with Gasteiger partial charge in [-0.15, -0.1) is 0 Å². The molecular formula is C24H32N6O2. The number of fused-ring (bicyclic) bond motifs is 1. The van der Waals surface area contributed by atoms with Crippen molar-refractivity contribution in [1.82, 2.24) is 29.6 Å². The van der Waals surface area contributed by atoms with Crippen molar-refractivity contribution in [2.45, 2.75) is 59.0 Å². The minimum absolute atomic E-state index is 0.0998. The van der Waals surface area contributed by atoms with Crippen LogP contribution in [-0.2, 0) is 17.8 Å². The lowest BCUT2D eigenvalue weighted by Gasteiger charge is -2.33. The van der Waals surface area contributed by atoms with Crippen molar-refractivity contribution in [1.29, 1.82) is 0 Å². The van der Waals surface area contributed by atoms with Crippen LogP contribution in [0.4, 0.5) is 0 Å². The van der Waals surface area contributed by atoms with Crippen LogP contribution in [0.1, 0.15) is 44.5 Å². The maximum Gasteiger partial charge on any atom is 0.293 e. The van der Waals surface area contributed by atoms with Crippen molar-refractivity contribution < 1.29 is 4.79 Å². The zero-order valence-electron chi connectivity index (χ0n) is 19.2. The molecule has 8 heteroatoms. The summed E-state index contributed by atoms with van der Waals surface area (Å²) in [5.41, 5.74) is 3.01. The van der Waals surface area contributed by atoms with Crippen molar-refractivity contribution in [3.05, 3.63) is 52.1 Å². The van der Waals surface area contributed by atoms with Gasteiger partial charge in [0, 0.05) is 24.7 Å². The Morgan fingerprint density at radius 3 is 2.69 bits per heavy atom. The largest absolute Gasteiger partial charge is 0.353 e. The minimum atomic E-state index is -0.320. The van der Waals surface area contributed by atoms with E-state index in [1.807, 2.05) is 12.1 Å². The molecule has 1 amide bonds. The molecule has 3 heterocycles. The number of rotatable bonds is 7. The second-order valence-electron chi connectivity index (χ2n) is 8.62. The van der Waals surface area contributed by atoms with E-state index >= 15 is 0 Å². The zero-order valence-corrected chi connectivity index (χ0v) is 19.2. The number of hydrogen-bond donors (Lipinski definition) is 1. The van der Waals surface area contributed by atoms with Crippen molar-refractivity contribution in [3.8, 4) is 11.3 Å². The molecule has 1 aliphatic heterocycles. The fourth-order valence-electron chi connectivity index (χ4n) is 4.35. The van der Waals surface area contributed by atoms with Crippen molar-refractivity contribution in [2.75, 3.05) is 19.6 Å². The van der Waals surface area contributed by atoms with E-state index < -0.39 is 0 Å². The number of piperidine rings is 1. The van der Waals surface area contributed by atoms with E-state index in [0.29, 0.717) is 29.6 Å². The minimum Gasteiger partial charge on any atom is -0.353 e. The molecule has 0 radical (unpaired) electrons. The van der Waals surface area contributed by atoms with Gasteiger partial charge in [-0.05, 0) is 51.3 Å². The molecule has 1 atom stereocenters. The molecule has 1 aromatic carbocycles. The summed E-state index contributed by atoms with van der Waals surface area (Å²) in [5.74, 6) is 0.355. The van der Waals surface area contributed by atoms with Gasteiger partial charge in [-0.2, -0.15) is 10.2 Å². The summed E-state index contributed by atoms with van der Waals surface area (Å²) in [4.78, 5) is 27.9. The highest BCUT2D eigenvalue weighted by Gasteiger charge is 2.18. The summed E-state index contributed by atoms with van der Waals surface area (Å²) in [6.45, 7) is 8.52. The average Bonchev–Trinajstić information content (AvgIpc) is 3.25. The first-order valence-corrected chi connectivity index (χ1v) is 11.5. The van der Waals surface area contributed by atoms with Crippen molar-refractivity contribution in [2.24, 2.45) is 0 Å². The van der Waals surface area contributed by atoms with Gasteiger partial charge in [0.2, 0.25) is 5.91 Å². The highest BCUT2D eigenvalue weighted by Crippen LogP contribution is 2.20. The Morgan fingerprint density at radius 2 is 1.97 bits per heavy atom. The number of likely N-dealkylation sites (tertiary alicyclic amines) is 1. The van der Waals surface area contributed by atoms with E-state index in [1.165, 1.54) is 29.5 Å². The quantitative estimate of drug-likeness (QED) is 0.615. The van der Waals surface area contributed by atoms with Crippen LogP contribution in [-0.4, -0.2) is 55.9 Å². The molecule has 1 N–H and O–H groups in total. The summed E-state index contributed by atoms with van der Waals surface area (Å²) < 4.78 is 2.78. The smallest absolute Gasteiger partial charge is 0.293 e. The van der Waals surface area contributed by atoms with Crippen LogP contribution in [0.2, 0.25) is 0 Å². The van der Waals surface area contributed by atoms with Gasteiger partial charge < -0.3 is 5.32 Å². The lowest BCUT2D eigenvalue weighted by Crippen LogP contribution is -2.43. The molecule has 4 rings (SSSR count). The number of aromatic nitrogens is 4. The third kappa shape index (κ3) is 4.75. The number of carbonyl (C=O) groups excluding carboxylic acids is 1. The van der Waals surface area contributed by atoms with Crippen LogP contribution in [0.15, 0.2) is 35.1 Å². The molecule has 1 fully saturated rings. The van der Waals surface area contributed by atoms with Crippen LogP contribution in [0.3, 0.4) is 0 Å². The average molecular weight is 437 g/mol. The fourth-order valence-corrected chi connectivity index (χ4v) is 4.35. The van der Waals surface area contributed by atoms with E-state index in [2.05, 4.69) is 46.4 Å². The third-order valence-corrected chi connectivity index (χ3v) is 6.35. The first-order valence-electron chi connectivity index (χ1n) is 11.5. The van der Waals surface area contributed by atoms with Gasteiger partial charge in [0.1, 0.15) is 17.9 Å². The van der Waals surface area contributed by atoms with E-state index in [1.54, 1.807) is 17.5 Å². The number of nitrogens with zero attached hydrogens (tertiary/aromatic N) is 5. The SMILES string of the molecule is CCc1ccc(-c2cc3c(=O)n(CC(=O)NCCN4CCCC[C@H]4C)nc(C)n3n2)cc1. The number of benzene rings is 1. The van der Waals surface area contributed by atoms with Gasteiger partial charge >= 0.3 is 0 Å². The summed E-state index contributed by atoms with van der Waals surface area (Å²) in [6.07, 6.45) is 4.68. The predicted molar refractivity (Wildman–Crippen MR) is 125 cm³/mol. The van der Waals surface area contributed by atoms with Gasteiger partial charge in [0.15, 0.2) is 0 Å². The third-order valence-electron chi connectivity index (χ3n) is 6.35. The molecule has 0 spiro atoms. The summed E-state index contributed by atoms with van der Waals surface area (Å²) >= 11 is 0. The van der Waals surface area contributed by atoms with E-state index in [4.69, 9.17) is 0 Å². The molecule has 1 aliphatic rings.